The second-order valence-corrected chi connectivity index (χ2v) is 8.90. The predicted molar refractivity (Wildman–Crippen MR) is 127 cm³/mol. The molecular formula is C24H23NO10S. The van der Waals surface area contributed by atoms with Crippen molar-refractivity contribution < 1.29 is 43.0 Å². The fourth-order valence-electron chi connectivity index (χ4n) is 3.53. The monoisotopic (exact) mass is 517 g/mol. The van der Waals surface area contributed by atoms with E-state index in [2.05, 4.69) is 0 Å². The van der Waals surface area contributed by atoms with Gasteiger partial charge in [-0.3, -0.25) is 29.3 Å². The summed E-state index contributed by atoms with van der Waals surface area (Å²) in [6.45, 7) is 3.60. The van der Waals surface area contributed by atoms with Crippen LogP contribution >= 0.6 is 11.8 Å². The van der Waals surface area contributed by atoms with Crippen LogP contribution in [0.4, 0.5) is 5.69 Å². The van der Waals surface area contributed by atoms with Crippen molar-refractivity contribution in [2.75, 3.05) is 5.75 Å². The van der Waals surface area contributed by atoms with Gasteiger partial charge in [-0.15, -0.1) is 11.8 Å². The lowest BCUT2D eigenvalue weighted by atomic mass is 10.0. The number of hydrogen-bond acceptors (Lipinski definition) is 11. The summed E-state index contributed by atoms with van der Waals surface area (Å²) in [5, 5.41) is 10.8. The van der Waals surface area contributed by atoms with Gasteiger partial charge in [0.05, 0.1) is 4.92 Å². The molecule has 1 saturated heterocycles. The summed E-state index contributed by atoms with van der Waals surface area (Å²) in [5.41, 5.74) is -0.309. The summed E-state index contributed by atoms with van der Waals surface area (Å²) in [7, 11) is 0. The molecule has 0 amide bonds. The quantitative estimate of drug-likeness (QED) is 0.167. The number of carbonyl (C=O) groups is 4. The number of ether oxygens (including phenoxy) is 4. The largest absolute Gasteiger partial charge is 0.476 e. The smallest absolute Gasteiger partial charge is 0.303 e. The number of nitro groups is 1. The van der Waals surface area contributed by atoms with E-state index in [9.17, 15) is 29.3 Å². The summed E-state index contributed by atoms with van der Waals surface area (Å²) in [6.07, 6.45) is -3.00. The lowest BCUT2D eigenvalue weighted by Crippen LogP contribution is -2.55. The van der Waals surface area contributed by atoms with E-state index in [1.165, 1.54) is 68.9 Å². The van der Waals surface area contributed by atoms with Crippen LogP contribution in [0.15, 0.2) is 48.5 Å². The standard InChI is InChI=1S/C24H23NO10S/c1-13(26)32-20-12-36-24(23(34-15(3)28)22(20)33-14(2)27)35-19-10-6-17(7-11-19)21(29)16-4-8-18(9-5-16)25(30)31/h4-11,20,22-24H,12H2,1-3H3/t20-,22+,23-,24-/m1/s1. The van der Waals surface area contributed by atoms with Crippen molar-refractivity contribution in [3.05, 3.63) is 69.8 Å². The Morgan fingerprint density at radius 2 is 1.31 bits per heavy atom. The van der Waals surface area contributed by atoms with E-state index < -0.39 is 46.6 Å². The third kappa shape index (κ3) is 6.81. The molecule has 0 bridgehead atoms. The Balaban J connectivity index is 1.77. The number of rotatable bonds is 8. The maximum absolute atomic E-state index is 12.7. The Kier molecular flexibility index (Phi) is 8.64. The van der Waals surface area contributed by atoms with Gasteiger partial charge in [-0.05, 0) is 36.4 Å². The number of esters is 3. The van der Waals surface area contributed by atoms with Crippen LogP contribution in [-0.2, 0) is 28.6 Å². The van der Waals surface area contributed by atoms with Crippen LogP contribution in [0.3, 0.4) is 0 Å². The van der Waals surface area contributed by atoms with Crippen LogP contribution in [0.5, 0.6) is 5.75 Å². The fourth-order valence-corrected chi connectivity index (χ4v) is 4.75. The van der Waals surface area contributed by atoms with Crippen LogP contribution in [0.2, 0.25) is 0 Å². The third-order valence-electron chi connectivity index (χ3n) is 5.01. The predicted octanol–water partition coefficient (Wildman–Crippen LogP) is 3.07. The van der Waals surface area contributed by atoms with Crippen molar-refractivity contribution >= 4 is 41.1 Å². The zero-order valence-corrected chi connectivity index (χ0v) is 20.4. The second-order valence-electron chi connectivity index (χ2n) is 7.77. The molecule has 190 valence electrons. The fraction of sp³-hybridized carbons (Fsp3) is 0.333. The topological polar surface area (TPSA) is 148 Å². The molecule has 0 spiro atoms. The molecule has 11 nitrogen and oxygen atoms in total. The lowest BCUT2D eigenvalue weighted by Gasteiger charge is -2.39. The average molecular weight is 518 g/mol. The highest BCUT2D eigenvalue weighted by molar-refractivity contribution is 7.99. The molecule has 2 aromatic rings. The highest BCUT2D eigenvalue weighted by Gasteiger charge is 2.47. The molecule has 12 heteroatoms. The van der Waals surface area contributed by atoms with E-state index in [0.29, 0.717) is 11.3 Å². The number of thioether (sulfide) groups is 1. The van der Waals surface area contributed by atoms with Gasteiger partial charge < -0.3 is 18.9 Å². The average Bonchev–Trinajstić information content (AvgIpc) is 2.82. The van der Waals surface area contributed by atoms with Crippen molar-refractivity contribution in [3.8, 4) is 5.75 Å². The van der Waals surface area contributed by atoms with Crippen LogP contribution in [0.1, 0.15) is 36.7 Å². The van der Waals surface area contributed by atoms with Gasteiger partial charge in [-0.25, -0.2) is 0 Å². The van der Waals surface area contributed by atoms with Crippen molar-refractivity contribution in [2.45, 2.75) is 44.5 Å². The van der Waals surface area contributed by atoms with E-state index in [1.807, 2.05) is 0 Å². The SMILES string of the molecule is CC(=O)O[C@@H]1[C@@H](OC(C)=O)[C@H](OC(C)=O)CS[C@H]1Oc1ccc(C(=O)c2ccc([N+](=O)[O-])cc2)cc1. The first-order chi connectivity index (χ1) is 17.0. The Morgan fingerprint density at radius 3 is 1.81 bits per heavy atom. The summed E-state index contributed by atoms with van der Waals surface area (Å²) in [4.78, 5) is 57.9. The van der Waals surface area contributed by atoms with Gasteiger partial charge in [0.2, 0.25) is 0 Å². The molecule has 0 N–H and O–H groups in total. The molecule has 0 aromatic heterocycles. The number of carbonyl (C=O) groups excluding carboxylic acids is 4. The van der Waals surface area contributed by atoms with E-state index >= 15 is 0 Å². The molecule has 0 unspecified atom stereocenters. The first-order valence-corrected chi connectivity index (χ1v) is 11.8. The van der Waals surface area contributed by atoms with Crippen molar-refractivity contribution in [3.63, 3.8) is 0 Å². The Labute approximate surface area is 210 Å². The van der Waals surface area contributed by atoms with Crippen molar-refractivity contribution in [2.24, 2.45) is 0 Å². The number of ketones is 1. The molecule has 2 aromatic carbocycles. The minimum Gasteiger partial charge on any atom is -0.476 e. The highest BCUT2D eigenvalue weighted by Crippen LogP contribution is 2.34. The van der Waals surface area contributed by atoms with Crippen LogP contribution < -0.4 is 4.74 Å². The second kappa shape index (κ2) is 11.7. The molecule has 1 heterocycles. The van der Waals surface area contributed by atoms with Crippen LogP contribution in [-0.4, -0.2) is 58.1 Å². The zero-order valence-electron chi connectivity index (χ0n) is 19.6. The highest BCUT2D eigenvalue weighted by atomic mass is 32.2. The molecule has 3 rings (SSSR count). The first kappa shape index (κ1) is 26.7. The molecule has 4 atom stereocenters. The van der Waals surface area contributed by atoms with Gasteiger partial charge in [-0.1, -0.05) is 0 Å². The van der Waals surface area contributed by atoms with E-state index in [-0.39, 0.29) is 22.8 Å². The molecule has 1 aliphatic rings. The zero-order chi connectivity index (χ0) is 26.4. The van der Waals surface area contributed by atoms with Gasteiger partial charge in [0.25, 0.3) is 5.69 Å². The maximum atomic E-state index is 12.7. The first-order valence-electron chi connectivity index (χ1n) is 10.7. The number of non-ortho nitro benzene ring substituents is 1. The van der Waals surface area contributed by atoms with E-state index in [4.69, 9.17) is 18.9 Å². The van der Waals surface area contributed by atoms with Gasteiger partial charge in [-0.2, -0.15) is 0 Å². The third-order valence-corrected chi connectivity index (χ3v) is 6.23. The van der Waals surface area contributed by atoms with Crippen LogP contribution in [0.25, 0.3) is 0 Å². The van der Waals surface area contributed by atoms with Crippen molar-refractivity contribution in [1.82, 2.24) is 0 Å². The molecule has 1 fully saturated rings. The number of hydrogen-bond donors (Lipinski definition) is 0. The Hall–Kier alpha value is -3.93. The van der Waals surface area contributed by atoms with Gasteiger partial charge in [0.1, 0.15) is 5.75 Å². The van der Waals surface area contributed by atoms with Gasteiger partial charge in [0, 0.05) is 49.8 Å². The molecule has 0 aliphatic carbocycles. The van der Waals surface area contributed by atoms with Gasteiger partial charge >= 0.3 is 17.9 Å². The summed E-state index contributed by atoms with van der Waals surface area (Å²) >= 11 is 1.21. The normalized spacial score (nSPS) is 21.1. The minimum atomic E-state index is -1.08. The minimum absolute atomic E-state index is 0.120. The molecule has 0 saturated carbocycles. The Morgan fingerprint density at radius 1 is 0.806 bits per heavy atom. The lowest BCUT2D eigenvalue weighted by molar-refractivity contribution is -0.384. The molecule has 1 aliphatic heterocycles. The number of nitrogens with zero attached hydrogens (tertiary/aromatic N) is 1. The Bertz CT molecular complexity index is 1150. The number of benzene rings is 2. The van der Waals surface area contributed by atoms with E-state index in [0.717, 1.165) is 0 Å². The maximum Gasteiger partial charge on any atom is 0.303 e. The summed E-state index contributed by atoms with van der Waals surface area (Å²) in [5.74, 6) is -1.63. The number of nitro benzene ring substituents is 1. The summed E-state index contributed by atoms with van der Waals surface area (Å²) < 4.78 is 22.0. The van der Waals surface area contributed by atoms with Gasteiger partial charge in [0.15, 0.2) is 29.5 Å². The summed E-state index contributed by atoms with van der Waals surface area (Å²) in [6, 6.07) is 11.4. The van der Waals surface area contributed by atoms with Crippen molar-refractivity contribution in [1.29, 1.82) is 0 Å². The van der Waals surface area contributed by atoms with E-state index in [1.54, 1.807) is 12.1 Å². The molecule has 36 heavy (non-hydrogen) atoms. The molecule has 0 radical (unpaired) electrons. The molecular weight excluding hydrogens is 494 g/mol. The van der Waals surface area contributed by atoms with Crippen LogP contribution in [0, 0.1) is 10.1 Å².